The lowest BCUT2D eigenvalue weighted by molar-refractivity contribution is -0.929. The Bertz CT molecular complexity index is 452. The van der Waals surface area contributed by atoms with Crippen LogP contribution in [0.3, 0.4) is 0 Å². The van der Waals surface area contributed by atoms with Gasteiger partial charge < -0.3 is 14.9 Å². The van der Waals surface area contributed by atoms with Crippen LogP contribution in [0.25, 0.3) is 0 Å². The number of quaternary nitrogens is 1. The third-order valence-electron chi connectivity index (χ3n) is 6.04. The van der Waals surface area contributed by atoms with Crippen molar-refractivity contribution in [2.75, 3.05) is 32.7 Å². The van der Waals surface area contributed by atoms with Gasteiger partial charge in [0.25, 0.3) is 0 Å². The zero-order chi connectivity index (χ0) is 23.2. The molecule has 0 spiro atoms. The number of hydrogen-bond acceptors (Lipinski definition) is 2. The van der Waals surface area contributed by atoms with E-state index in [1.807, 2.05) is 0 Å². The van der Waals surface area contributed by atoms with Crippen LogP contribution in [-0.4, -0.2) is 54.3 Å². The summed E-state index contributed by atoms with van der Waals surface area (Å²) in [5.74, 6) is 0.0823. The number of unbranched alkanes of at least 4 members (excludes halogenated alkanes) is 3. The maximum Gasteiger partial charge on any atom is 0.220 e. The van der Waals surface area contributed by atoms with Crippen molar-refractivity contribution in [2.45, 2.75) is 111 Å². The monoisotopic (exact) mass is 437 g/mol. The highest BCUT2D eigenvalue weighted by Crippen LogP contribution is 2.16. The van der Waals surface area contributed by atoms with Crippen molar-refractivity contribution in [3.8, 4) is 0 Å². The Morgan fingerprint density at radius 1 is 0.839 bits per heavy atom. The van der Waals surface area contributed by atoms with Gasteiger partial charge in [-0.1, -0.05) is 71.3 Å². The molecule has 0 unspecified atom stereocenters. The largest absolute Gasteiger partial charge is 0.391 e. The lowest BCUT2D eigenvalue weighted by Gasteiger charge is -2.39. The quantitative estimate of drug-likeness (QED) is 0.167. The van der Waals surface area contributed by atoms with Gasteiger partial charge in [-0.15, -0.1) is 0 Å². The highest BCUT2D eigenvalue weighted by molar-refractivity contribution is 5.75. The molecule has 0 aliphatic rings. The lowest BCUT2D eigenvalue weighted by atomic mass is 10.1. The molecule has 4 heteroatoms. The van der Waals surface area contributed by atoms with Gasteiger partial charge in [-0.25, -0.2) is 0 Å². The summed E-state index contributed by atoms with van der Waals surface area (Å²) in [6, 6.07) is 0. The molecule has 1 atom stereocenters. The zero-order valence-corrected chi connectivity index (χ0v) is 21.2. The van der Waals surface area contributed by atoms with E-state index >= 15 is 0 Å². The first-order chi connectivity index (χ1) is 15.0. The van der Waals surface area contributed by atoms with E-state index in [0.717, 1.165) is 32.2 Å². The van der Waals surface area contributed by atoms with Crippen LogP contribution in [0.2, 0.25) is 0 Å². The SMILES string of the molecule is CC/C=C\C/C=C\CC[C@@H](O)CNC(=O)CCC[N+](CCCC)(CCCC)CCCC. The van der Waals surface area contributed by atoms with Crippen LogP contribution in [-0.2, 0) is 4.79 Å². The smallest absolute Gasteiger partial charge is 0.220 e. The fraction of sp³-hybridized carbons (Fsp3) is 0.815. The van der Waals surface area contributed by atoms with E-state index in [-0.39, 0.29) is 5.91 Å². The highest BCUT2D eigenvalue weighted by atomic mass is 16.3. The molecule has 182 valence electrons. The maximum atomic E-state index is 12.3. The zero-order valence-electron chi connectivity index (χ0n) is 21.2. The number of nitrogens with one attached hydrogen (secondary N) is 1. The molecule has 31 heavy (non-hydrogen) atoms. The Balaban J connectivity index is 4.27. The van der Waals surface area contributed by atoms with Crippen molar-refractivity contribution in [3.63, 3.8) is 0 Å². The van der Waals surface area contributed by atoms with Crippen molar-refractivity contribution in [3.05, 3.63) is 24.3 Å². The Hall–Kier alpha value is -1.13. The second kappa shape index (κ2) is 20.8. The summed E-state index contributed by atoms with van der Waals surface area (Å²) in [6.07, 6.45) is 20.7. The molecular formula is C27H53N2O2+. The first kappa shape index (κ1) is 29.9. The molecule has 1 amide bonds. The molecule has 0 heterocycles. The van der Waals surface area contributed by atoms with Gasteiger partial charge in [0.05, 0.1) is 32.3 Å². The summed E-state index contributed by atoms with van der Waals surface area (Å²) in [5, 5.41) is 13.1. The van der Waals surface area contributed by atoms with Crippen molar-refractivity contribution in [2.24, 2.45) is 0 Å². The van der Waals surface area contributed by atoms with Crippen molar-refractivity contribution in [1.82, 2.24) is 5.32 Å². The summed E-state index contributed by atoms with van der Waals surface area (Å²) < 4.78 is 1.19. The van der Waals surface area contributed by atoms with E-state index in [1.165, 1.54) is 62.6 Å². The summed E-state index contributed by atoms with van der Waals surface area (Å²) in [5.41, 5.74) is 0. The molecule has 0 radical (unpaired) electrons. The van der Waals surface area contributed by atoms with Crippen molar-refractivity contribution >= 4 is 5.91 Å². The maximum absolute atomic E-state index is 12.3. The van der Waals surface area contributed by atoms with Crippen molar-refractivity contribution in [1.29, 1.82) is 0 Å². The molecule has 0 aromatic heterocycles. The van der Waals surface area contributed by atoms with E-state index < -0.39 is 6.10 Å². The number of aliphatic hydroxyl groups excluding tert-OH is 1. The van der Waals surface area contributed by atoms with Crippen LogP contribution in [0.4, 0.5) is 0 Å². The molecular weight excluding hydrogens is 384 g/mol. The topological polar surface area (TPSA) is 49.3 Å². The number of amides is 1. The summed E-state index contributed by atoms with van der Waals surface area (Å²) in [6.45, 7) is 14.2. The number of nitrogens with zero attached hydrogens (tertiary/aromatic N) is 1. The molecule has 0 aromatic rings. The van der Waals surface area contributed by atoms with Crippen LogP contribution in [0.5, 0.6) is 0 Å². The first-order valence-electron chi connectivity index (χ1n) is 13.1. The second-order valence-electron chi connectivity index (χ2n) is 9.02. The van der Waals surface area contributed by atoms with Crippen LogP contribution >= 0.6 is 0 Å². The van der Waals surface area contributed by atoms with Crippen LogP contribution < -0.4 is 5.32 Å². The molecule has 0 aliphatic heterocycles. The van der Waals surface area contributed by atoms with Gasteiger partial charge in [-0.2, -0.15) is 0 Å². The molecule has 4 nitrogen and oxygen atoms in total. The van der Waals surface area contributed by atoms with Gasteiger partial charge in [-0.3, -0.25) is 4.79 Å². The minimum absolute atomic E-state index is 0.0823. The molecule has 2 N–H and O–H groups in total. The minimum Gasteiger partial charge on any atom is -0.391 e. The van der Waals surface area contributed by atoms with Gasteiger partial charge >= 0.3 is 0 Å². The molecule has 0 saturated heterocycles. The normalized spacial score (nSPS) is 13.3. The fourth-order valence-corrected chi connectivity index (χ4v) is 3.99. The number of rotatable bonds is 21. The number of carbonyl (C=O) groups is 1. The molecule has 0 saturated carbocycles. The predicted molar refractivity (Wildman–Crippen MR) is 135 cm³/mol. The molecule has 0 aromatic carbocycles. The third kappa shape index (κ3) is 17.1. The average Bonchev–Trinajstić information content (AvgIpc) is 2.77. The molecule has 0 fully saturated rings. The third-order valence-corrected chi connectivity index (χ3v) is 6.04. The number of allylic oxidation sites excluding steroid dienone is 4. The summed E-state index contributed by atoms with van der Waals surface area (Å²) in [7, 11) is 0. The Morgan fingerprint density at radius 3 is 1.94 bits per heavy atom. The second-order valence-corrected chi connectivity index (χ2v) is 9.02. The standard InChI is InChI=1S/C27H52N2O2/c1-5-9-13-14-15-16-17-19-26(30)25-28-27(31)20-18-24-29(21-10-6-2,22-11-7-3)23-12-8-4/h9,13,15-16,26,30H,5-8,10-12,14,17-25H2,1-4H3/p+1/b13-9-,16-15-/t26-/m1/s1. The van der Waals surface area contributed by atoms with Crippen LogP contribution in [0, 0.1) is 0 Å². The number of hydrogen-bond donors (Lipinski definition) is 2. The predicted octanol–water partition coefficient (Wildman–Crippen LogP) is 6.15. The first-order valence-corrected chi connectivity index (χ1v) is 13.1. The van der Waals surface area contributed by atoms with Crippen LogP contribution in [0.15, 0.2) is 24.3 Å². The van der Waals surface area contributed by atoms with Crippen LogP contribution in [0.1, 0.15) is 105 Å². The molecule has 0 rings (SSSR count). The average molecular weight is 438 g/mol. The van der Waals surface area contributed by atoms with E-state index in [1.54, 1.807) is 0 Å². The van der Waals surface area contributed by atoms with Gasteiger partial charge in [0, 0.05) is 19.4 Å². The van der Waals surface area contributed by atoms with Crippen molar-refractivity contribution < 1.29 is 14.4 Å². The Labute approximate surface area is 193 Å². The Morgan fingerprint density at radius 2 is 1.39 bits per heavy atom. The van der Waals surface area contributed by atoms with Gasteiger partial charge in [0.1, 0.15) is 0 Å². The molecule has 0 bridgehead atoms. The van der Waals surface area contributed by atoms with E-state index in [9.17, 15) is 9.90 Å². The fourth-order valence-electron chi connectivity index (χ4n) is 3.99. The van der Waals surface area contributed by atoms with Gasteiger partial charge in [0.2, 0.25) is 5.91 Å². The highest BCUT2D eigenvalue weighted by Gasteiger charge is 2.25. The minimum atomic E-state index is -0.465. The number of aliphatic hydroxyl groups is 1. The number of carbonyl (C=O) groups excluding carboxylic acids is 1. The Kier molecular flexibility index (Phi) is 20.0. The molecule has 0 aliphatic carbocycles. The summed E-state index contributed by atoms with van der Waals surface area (Å²) >= 11 is 0. The van der Waals surface area contributed by atoms with E-state index in [4.69, 9.17) is 0 Å². The van der Waals surface area contributed by atoms with Gasteiger partial charge in [0.15, 0.2) is 0 Å². The summed E-state index contributed by atoms with van der Waals surface area (Å²) in [4.78, 5) is 12.3. The lowest BCUT2D eigenvalue weighted by Crippen LogP contribution is -2.51. The van der Waals surface area contributed by atoms with E-state index in [0.29, 0.717) is 19.4 Å². The van der Waals surface area contributed by atoms with Gasteiger partial charge in [-0.05, 0) is 44.9 Å². The van der Waals surface area contributed by atoms with E-state index in [2.05, 4.69) is 57.3 Å².